The maximum absolute atomic E-state index is 6.38. The first-order chi connectivity index (χ1) is 14.7. The predicted molar refractivity (Wildman–Crippen MR) is 131 cm³/mol. The van der Waals surface area contributed by atoms with Crippen LogP contribution in [0.15, 0.2) is 47.1 Å². The highest BCUT2D eigenvalue weighted by Crippen LogP contribution is 2.46. The summed E-state index contributed by atoms with van der Waals surface area (Å²) in [4.78, 5) is 9.25. The summed E-state index contributed by atoms with van der Waals surface area (Å²) in [5, 5.41) is 3.65. The molecule has 1 aliphatic carbocycles. The second-order valence-corrected chi connectivity index (χ2v) is 10.2. The number of aryl methyl sites for hydroxylation is 1. The van der Waals surface area contributed by atoms with E-state index in [-0.39, 0.29) is 17.9 Å². The summed E-state index contributed by atoms with van der Waals surface area (Å²) >= 11 is 0. The van der Waals surface area contributed by atoms with E-state index in [4.69, 9.17) is 15.4 Å². The number of nitrogens with one attached hydrogen (secondary N) is 1. The molecule has 1 aromatic heterocycles. The number of nitrogens with two attached hydrogens (primary N) is 1. The van der Waals surface area contributed by atoms with Gasteiger partial charge < -0.3 is 15.7 Å². The molecule has 2 heterocycles. The lowest BCUT2D eigenvalue weighted by Gasteiger charge is -2.35. The maximum Gasteiger partial charge on any atom is 0.329 e. The van der Waals surface area contributed by atoms with Crippen molar-refractivity contribution in [1.82, 2.24) is 10.3 Å². The molecule has 0 aromatic carbocycles. The summed E-state index contributed by atoms with van der Waals surface area (Å²) in [6.45, 7) is 12.9. The first-order valence-corrected chi connectivity index (χ1v) is 11.7. The summed E-state index contributed by atoms with van der Waals surface area (Å²) in [6.07, 6.45) is 13.8. The lowest BCUT2D eigenvalue weighted by Crippen LogP contribution is -2.41. The van der Waals surface area contributed by atoms with Gasteiger partial charge in [-0.05, 0) is 80.1 Å². The molecule has 5 nitrogen and oxygen atoms in total. The molecule has 168 valence electrons. The fourth-order valence-corrected chi connectivity index (χ4v) is 4.24. The Labute approximate surface area is 188 Å². The van der Waals surface area contributed by atoms with Gasteiger partial charge in [-0.2, -0.15) is 0 Å². The Morgan fingerprint density at radius 3 is 2.68 bits per heavy atom. The van der Waals surface area contributed by atoms with E-state index in [2.05, 4.69) is 57.1 Å². The van der Waals surface area contributed by atoms with Crippen LogP contribution in [0.4, 0.5) is 0 Å². The lowest BCUT2D eigenvalue weighted by atomic mass is 9.53. The average Bonchev–Trinajstić information content (AvgIpc) is 2.92. The van der Waals surface area contributed by atoms with Gasteiger partial charge in [-0.25, -0.2) is 0 Å². The summed E-state index contributed by atoms with van der Waals surface area (Å²) < 4.78 is 6.38. The average molecular weight is 422 g/mol. The van der Waals surface area contributed by atoms with Crippen LogP contribution in [0.3, 0.4) is 0 Å². The highest BCUT2D eigenvalue weighted by Gasteiger charge is 2.50. The van der Waals surface area contributed by atoms with Crippen LogP contribution in [0.25, 0.3) is 0 Å². The van der Waals surface area contributed by atoms with Gasteiger partial charge in [0.15, 0.2) is 0 Å². The number of nitrogens with zero attached hydrogens (tertiary/aromatic N) is 2. The molecule has 31 heavy (non-hydrogen) atoms. The molecule has 0 amide bonds. The van der Waals surface area contributed by atoms with Crippen molar-refractivity contribution < 1.29 is 4.65 Å². The number of pyridine rings is 1. The Morgan fingerprint density at radius 2 is 2.10 bits per heavy atom. The number of hydrogen-bond donors (Lipinski definition) is 2. The van der Waals surface area contributed by atoms with E-state index in [1.807, 2.05) is 24.6 Å². The molecule has 0 atom stereocenters. The van der Waals surface area contributed by atoms with Crippen molar-refractivity contribution in [3.63, 3.8) is 0 Å². The molecule has 1 aromatic rings. The van der Waals surface area contributed by atoms with E-state index in [1.165, 1.54) is 18.4 Å². The smallest absolute Gasteiger partial charge is 0.329 e. The molecule has 0 bridgehead atoms. The molecule has 1 aliphatic heterocycles. The van der Waals surface area contributed by atoms with Crippen molar-refractivity contribution in [1.29, 1.82) is 0 Å². The molecule has 0 unspecified atom stereocenters. The lowest BCUT2D eigenvalue weighted by molar-refractivity contribution is 0.0372. The van der Waals surface area contributed by atoms with E-state index in [9.17, 15) is 0 Å². The van der Waals surface area contributed by atoms with Crippen molar-refractivity contribution in [2.24, 2.45) is 22.1 Å². The Balaban J connectivity index is 1.45. The highest BCUT2D eigenvalue weighted by molar-refractivity contribution is 6.66. The number of hydrogen-bond acceptors (Lipinski definition) is 5. The standard InChI is InChI=1S/C25H39BN4O/c1-6-22-10-9-19(15-29-22)16-30-23-12-20(13-23)14-28-17-21(8-7-11-27)26-18-24(2,3)25(4,5)31-26/h7-11,15,17,20,23,30H,6,12-14,16,18,27H2,1-5H3/b11-7+,21-8+,28-17-. The van der Waals surface area contributed by atoms with E-state index in [1.54, 1.807) is 6.20 Å². The van der Waals surface area contributed by atoms with Gasteiger partial charge in [-0.1, -0.05) is 32.9 Å². The van der Waals surface area contributed by atoms with Crippen LogP contribution >= 0.6 is 0 Å². The van der Waals surface area contributed by atoms with Crippen LogP contribution < -0.4 is 11.1 Å². The molecule has 0 radical (unpaired) electrons. The zero-order chi connectivity index (χ0) is 22.5. The van der Waals surface area contributed by atoms with Crippen molar-refractivity contribution in [3.8, 4) is 0 Å². The molecule has 1 saturated heterocycles. The zero-order valence-electron chi connectivity index (χ0n) is 19.9. The second-order valence-electron chi connectivity index (χ2n) is 10.2. The number of rotatable bonds is 9. The quantitative estimate of drug-likeness (QED) is 0.353. The third-order valence-corrected chi connectivity index (χ3v) is 7.22. The zero-order valence-corrected chi connectivity index (χ0v) is 19.9. The van der Waals surface area contributed by atoms with Crippen molar-refractivity contribution in [2.45, 2.75) is 78.4 Å². The van der Waals surface area contributed by atoms with Crippen LogP contribution in [0.5, 0.6) is 0 Å². The first kappa shape index (κ1) is 23.7. The Hall–Kier alpha value is -1.92. The fraction of sp³-hybridized carbons (Fsp3) is 0.600. The first-order valence-electron chi connectivity index (χ1n) is 11.7. The third-order valence-electron chi connectivity index (χ3n) is 7.22. The monoisotopic (exact) mass is 422 g/mol. The normalized spacial score (nSPS) is 25.5. The number of aromatic nitrogens is 1. The van der Waals surface area contributed by atoms with E-state index in [0.29, 0.717) is 12.0 Å². The van der Waals surface area contributed by atoms with Crippen LogP contribution in [0.2, 0.25) is 6.32 Å². The van der Waals surface area contributed by atoms with Gasteiger partial charge in [0.2, 0.25) is 0 Å². The molecular formula is C25H39BN4O. The van der Waals surface area contributed by atoms with Crippen LogP contribution in [0.1, 0.15) is 58.7 Å². The molecular weight excluding hydrogens is 383 g/mol. The Kier molecular flexibility index (Phi) is 7.76. The predicted octanol–water partition coefficient (Wildman–Crippen LogP) is 4.35. The van der Waals surface area contributed by atoms with Gasteiger partial charge in [-0.15, -0.1) is 0 Å². The Bertz CT molecular complexity index is 791. The van der Waals surface area contributed by atoms with Crippen LogP contribution in [-0.2, 0) is 17.6 Å². The van der Waals surface area contributed by atoms with E-state index >= 15 is 0 Å². The molecule has 2 aliphatic rings. The SMILES string of the molecule is CCc1ccc(CNC2CC(C\N=C/C(=C\C=C\N)B3CC(C)(C)C(C)(C)O3)C2)cn1. The topological polar surface area (TPSA) is 72.5 Å². The largest absolute Gasteiger partial charge is 0.425 e. The van der Waals surface area contributed by atoms with Gasteiger partial charge in [0, 0.05) is 37.2 Å². The minimum absolute atomic E-state index is 0.0634. The molecule has 6 heteroatoms. The summed E-state index contributed by atoms with van der Waals surface area (Å²) in [5.41, 5.74) is 9.04. The molecule has 3 rings (SSSR count). The van der Waals surface area contributed by atoms with Crippen molar-refractivity contribution in [2.75, 3.05) is 6.54 Å². The molecule has 3 N–H and O–H groups in total. The number of allylic oxidation sites excluding steroid dienone is 3. The Morgan fingerprint density at radius 1 is 1.32 bits per heavy atom. The molecule has 1 saturated carbocycles. The van der Waals surface area contributed by atoms with E-state index in [0.717, 1.165) is 37.0 Å². The van der Waals surface area contributed by atoms with Gasteiger partial charge in [0.25, 0.3) is 0 Å². The molecule has 2 fully saturated rings. The van der Waals surface area contributed by atoms with Gasteiger partial charge >= 0.3 is 6.92 Å². The maximum atomic E-state index is 6.38. The van der Waals surface area contributed by atoms with Crippen molar-refractivity contribution in [3.05, 3.63) is 53.4 Å². The highest BCUT2D eigenvalue weighted by atomic mass is 16.5. The summed E-state index contributed by atoms with van der Waals surface area (Å²) in [5.74, 6) is 0.651. The second kappa shape index (κ2) is 10.1. The minimum Gasteiger partial charge on any atom is -0.425 e. The van der Waals surface area contributed by atoms with Gasteiger partial charge in [0.05, 0.1) is 5.60 Å². The molecule has 0 spiro atoms. The van der Waals surface area contributed by atoms with Gasteiger partial charge in [-0.3, -0.25) is 9.98 Å². The summed E-state index contributed by atoms with van der Waals surface area (Å²) in [7, 11) is 0. The summed E-state index contributed by atoms with van der Waals surface area (Å²) in [6, 6.07) is 4.88. The van der Waals surface area contributed by atoms with Crippen LogP contribution in [0, 0.1) is 11.3 Å². The van der Waals surface area contributed by atoms with Gasteiger partial charge in [0.1, 0.15) is 0 Å². The number of aliphatic imine (C=N–C) groups is 1. The van der Waals surface area contributed by atoms with Crippen molar-refractivity contribution >= 4 is 13.1 Å². The fourth-order valence-electron chi connectivity index (χ4n) is 4.24. The van der Waals surface area contributed by atoms with Crippen LogP contribution in [-0.4, -0.2) is 36.3 Å². The van der Waals surface area contributed by atoms with E-state index < -0.39 is 0 Å². The third kappa shape index (κ3) is 6.08. The minimum atomic E-state index is -0.156.